The standard InChI is InChI=1S/C25H29N3O2S/c1-16-9-10-19(17(2)13-16)28-23(29)21-14-22-20(11-12-31-22)27(21)15-25(28,3)24(30)26-18-7-5-4-6-8-18/h9-14,18H,4-8,15H2,1-3H3,(H,26,30)/t25-/m1/s1. The van der Waals surface area contributed by atoms with E-state index in [-0.39, 0.29) is 17.9 Å². The highest BCUT2D eigenvalue weighted by Gasteiger charge is 2.49. The van der Waals surface area contributed by atoms with Gasteiger partial charge in [0.25, 0.3) is 5.91 Å². The third kappa shape index (κ3) is 3.28. The Hall–Kier alpha value is -2.60. The number of fused-ring (bicyclic) bond motifs is 3. The molecule has 2 amide bonds. The number of aryl methyl sites for hydroxylation is 2. The van der Waals surface area contributed by atoms with Crippen molar-refractivity contribution in [2.45, 2.75) is 71.0 Å². The lowest BCUT2D eigenvalue weighted by Gasteiger charge is -2.45. The van der Waals surface area contributed by atoms with Crippen LogP contribution >= 0.6 is 11.3 Å². The van der Waals surface area contributed by atoms with Gasteiger partial charge in [-0.2, -0.15) is 0 Å². The largest absolute Gasteiger partial charge is 0.351 e. The van der Waals surface area contributed by atoms with Crippen LogP contribution in [0.3, 0.4) is 0 Å². The number of aromatic nitrogens is 1. The summed E-state index contributed by atoms with van der Waals surface area (Å²) in [5, 5.41) is 5.34. The Kier molecular flexibility index (Phi) is 4.93. The fourth-order valence-corrected chi connectivity index (χ4v) is 6.06. The van der Waals surface area contributed by atoms with E-state index in [1.807, 2.05) is 55.0 Å². The number of benzene rings is 1. The zero-order valence-electron chi connectivity index (χ0n) is 18.4. The fraction of sp³-hybridized carbons (Fsp3) is 0.440. The third-order valence-corrected chi connectivity index (χ3v) is 7.78. The summed E-state index contributed by atoms with van der Waals surface area (Å²) < 4.78 is 3.12. The zero-order chi connectivity index (χ0) is 21.8. The second-order valence-electron chi connectivity index (χ2n) is 9.30. The zero-order valence-corrected chi connectivity index (χ0v) is 19.2. The van der Waals surface area contributed by atoms with Gasteiger partial charge in [-0.3, -0.25) is 14.5 Å². The van der Waals surface area contributed by atoms with Crippen LogP contribution in [0, 0.1) is 13.8 Å². The minimum Gasteiger partial charge on any atom is -0.351 e. The summed E-state index contributed by atoms with van der Waals surface area (Å²) in [6, 6.07) is 10.3. The Morgan fingerprint density at radius 1 is 1.13 bits per heavy atom. The van der Waals surface area contributed by atoms with Crippen LogP contribution in [0.1, 0.15) is 60.6 Å². The van der Waals surface area contributed by atoms with Crippen molar-refractivity contribution >= 4 is 39.1 Å². The first-order chi connectivity index (χ1) is 14.9. The average molecular weight is 436 g/mol. The van der Waals surface area contributed by atoms with E-state index < -0.39 is 5.54 Å². The minimum absolute atomic E-state index is 0.0598. The number of nitrogens with one attached hydrogen (secondary N) is 1. The molecule has 0 unspecified atom stereocenters. The van der Waals surface area contributed by atoms with Gasteiger partial charge in [-0.25, -0.2) is 0 Å². The minimum atomic E-state index is -1.00. The molecule has 162 valence electrons. The predicted octanol–water partition coefficient (Wildman–Crippen LogP) is 5.19. The first-order valence-electron chi connectivity index (χ1n) is 11.2. The lowest BCUT2D eigenvalue weighted by Crippen LogP contribution is -2.65. The molecule has 0 radical (unpaired) electrons. The molecular weight excluding hydrogens is 406 g/mol. The molecule has 0 spiro atoms. The smallest absolute Gasteiger partial charge is 0.275 e. The number of carbonyl (C=O) groups is 2. The van der Waals surface area contributed by atoms with Crippen LogP contribution in [0.2, 0.25) is 0 Å². The second kappa shape index (κ2) is 7.52. The molecule has 1 fully saturated rings. The number of carbonyl (C=O) groups excluding carboxylic acids is 2. The number of hydrogen-bond donors (Lipinski definition) is 1. The van der Waals surface area contributed by atoms with Crippen LogP contribution in [-0.4, -0.2) is 28.0 Å². The van der Waals surface area contributed by atoms with Gasteiger partial charge in [0.15, 0.2) is 0 Å². The molecule has 3 aromatic rings. The van der Waals surface area contributed by atoms with Gasteiger partial charge in [0, 0.05) is 11.7 Å². The van der Waals surface area contributed by atoms with E-state index >= 15 is 0 Å². The molecule has 1 atom stereocenters. The summed E-state index contributed by atoms with van der Waals surface area (Å²) in [6.07, 6.45) is 5.57. The fourth-order valence-electron chi connectivity index (χ4n) is 5.23. The summed E-state index contributed by atoms with van der Waals surface area (Å²) >= 11 is 1.63. The first kappa shape index (κ1) is 20.3. The molecule has 2 aromatic heterocycles. The van der Waals surface area contributed by atoms with Gasteiger partial charge >= 0.3 is 0 Å². The summed E-state index contributed by atoms with van der Waals surface area (Å²) in [4.78, 5) is 29.4. The number of rotatable bonds is 3. The molecule has 0 saturated heterocycles. The van der Waals surface area contributed by atoms with Crippen molar-refractivity contribution in [1.82, 2.24) is 9.88 Å². The van der Waals surface area contributed by atoms with E-state index in [4.69, 9.17) is 0 Å². The monoisotopic (exact) mass is 435 g/mol. The molecule has 6 heteroatoms. The normalized spacial score (nSPS) is 22.0. The van der Waals surface area contributed by atoms with Gasteiger partial charge in [0.05, 0.1) is 16.8 Å². The van der Waals surface area contributed by atoms with E-state index in [0.717, 1.165) is 52.7 Å². The molecule has 31 heavy (non-hydrogen) atoms. The van der Waals surface area contributed by atoms with Crippen LogP contribution in [0.25, 0.3) is 10.2 Å². The van der Waals surface area contributed by atoms with Crippen molar-refractivity contribution in [2.24, 2.45) is 0 Å². The number of amides is 2. The van der Waals surface area contributed by atoms with E-state index in [1.54, 1.807) is 16.2 Å². The Bertz CT molecular complexity index is 1170. The third-order valence-electron chi connectivity index (χ3n) is 6.93. The topological polar surface area (TPSA) is 54.3 Å². The Morgan fingerprint density at radius 2 is 1.90 bits per heavy atom. The average Bonchev–Trinajstić information content (AvgIpc) is 3.33. The summed E-state index contributed by atoms with van der Waals surface area (Å²) in [5.41, 5.74) is 3.65. The molecular formula is C25H29N3O2S. The molecule has 1 aromatic carbocycles. The molecule has 3 heterocycles. The number of thiophene rings is 1. The quantitative estimate of drug-likeness (QED) is 0.616. The predicted molar refractivity (Wildman–Crippen MR) is 126 cm³/mol. The molecule has 2 aliphatic rings. The van der Waals surface area contributed by atoms with Gasteiger partial charge in [0.2, 0.25) is 5.91 Å². The van der Waals surface area contributed by atoms with E-state index in [1.165, 1.54) is 6.42 Å². The molecule has 1 saturated carbocycles. The second-order valence-corrected chi connectivity index (χ2v) is 10.2. The Morgan fingerprint density at radius 3 is 2.65 bits per heavy atom. The molecule has 1 N–H and O–H groups in total. The van der Waals surface area contributed by atoms with Crippen molar-refractivity contribution in [3.63, 3.8) is 0 Å². The van der Waals surface area contributed by atoms with Crippen molar-refractivity contribution in [3.05, 3.63) is 52.5 Å². The van der Waals surface area contributed by atoms with E-state index in [0.29, 0.717) is 12.2 Å². The number of hydrogen-bond acceptors (Lipinski definition) is 3. The highest BCUT2D eigenvalue weighted by molar-refractivity contribution is 7.17. The van der Waals surface area contributed by atoms with Gasteiger partial charge in [0.1, 0.15) is 11.2 Å². The molecule has 5 nitrogen and oxygen atoms in total. The van der Waals surface area contributed by atoms with Gasteiger partial charge in [-0.05, 0) is 62.8 Å². The highest BCUT2D eigenvalue weighted by Crippen LogP contribution is 2.38. The molecule has 0 bridgehead atoms. The number of nitrogens with zero attached hydrogens (tertiary/aromatic N) is 2. The summed E-state index contributed by atoms with van der Waals surface area (Å²) in [5.74, 6) is -0.168. The van der Waals surface area contributed by atoms with Crippen molar-refractivity contribution in [3.8, 4) is 0 Å². The van der Waals surface area contributed by atoms with Gasteiger partial charge < -0.3 is 9.88 Å². The lowest BCUT2D eigenvalue weighted by atomic mass is 9.90. The highest BCUT2D eigenvalue weighted by atomic mass is 32.1. The van der Waals surface area contributed by atoms with Gasteiger partial charge in [-0.15, -0.1) is 11.3 Å². The van der Waals surface area contributed by atoms with Crippen molar-refractivity contribution < 1.29 is 9.59 Å². The summed E-state index contributed by atoms with van der Waals surface area (Å²) in [7, 11) is 0. The molecule has 1 aliphatic carbocycles. The van der Waals surface area contributed by atoms with Crippen molar-refractivity contribution in [1.29, 1.82) is 0 Å². The Labute approximate surface area is 187 Å². The Balaban J connectivity index is 1.62. The van der Waals surface area contributed by atoms with Crippen LogP contribution in [-0.2, 0) is 11.3 Å². The first-order valence-corrected chi connectivity index (χ1v) is 12.1. The maximum atomic E-state index is 13.9. The van der Waals surface area contributed by atoms with Crippen molar-refractivity contribution in [2.75, 3.05) is 4.90 Å². The summed E-state index contributed by atoms with van der Waals surface area (Å²) in [6.45, 7) is 6.42. The number of anilines is 1. The van der Waals surface area contributed by atoms with Crippen LogP contribution in [0.4, 0.5) is 5.69 Å². The van der Waals surface area contributed by atoms with E-state index in [2.05, 4.69) is 11.4 Å². The van der Waals surface area contributed by atoms with E-state index in [9.17, 15) is 9.59 Å². The maximum Gasteiger partial charge on any atom is 0.275 e. The van der Waals surface area contributed by atoms with Gasteiger partial charge in [-0.1, -0.05) is 37.0 Å². The molecule has 5 rings (SSSR count). The van der Waals surface area contributed by atoms with Crippen LogP contribution in [0.15, 0.2) is 35.7 Å². The van der Waals surface area contributed by atoms with Crippen LogP contribution < -0.4 is 10.2 Å². The maximum absolute atomic E-state index is 13.9. The molecule has 1 aliphatic heterocycles. The lowest BCUT2D eigenvalue weighted by molar-refractivity contribution is -0.127. The SMILES string of the molecule is Cc1ccc(N2C(=O)c3cc4sccc4n3C[C@]2(C)C(=O)NC2CCCCC2)c(C)c1. The van der Waals surface area contributed by atoms with Crippen LogP contribution in [0.5, 0.6) is 0 Å².